The van der Waals surface area contributed by atoms with Crippen LogP contribution in [0.15, 0.2) is 35.6 Å². The Hall–Kier alpha value is -3.47. The van der Waals surface area contributed by atoms with Crippen molar-refractivity contribution in [3.63, 3.8) is 0 Å². The molecule has 0 radical (unpaired) electrons. The fraction of sp³-hybridized carbons (Fsp3) is 0.500. The van der Waals surface area contributed by atoms with Gasteiger partial charge in [0.25, 0.3) is 5.91 Å². The number of aromatic hydroxyl groups is 1. The van der Waals surface area contributed by atoms with Gasteiger partial charge in [0, 0.05) is 37.2 Å². The van der Waals surface area contributed by atoms with Crippen LogP contribution in [0.4, 0.5) is 0 Å². The Bertz CT molecular complexity index is 1390. The van der Waals surface area contributed by atoms with Crippen LogP contribution in [0.5, 0.6) is 5.75 Å². The van der Waals surface area contributed by atoms with Gasteiger partial charge in [-0.25, -0.2) is 0 Å². The van der Waals surface area contributed by atoms with Gasteiger partial charge in [0.2, 0.25) is 5.78 Å². The van der Waals surface area contributed by atoms with Crippen molar-refractivity contribution in [2.24, 2.45) is 11.8 Å². The van der Waals surface area contributed by atoms with E-state index in [1.807, 2.05) is 18.0 Å². The molecular formula is C30H37N3O7. The number of hydrogen-bond acceptors (Lipinski definition) is 9. The molecule has 0 heterocycles. The summed E-state index contributed by atoms with van der Waals surface area (Å²) in [6.07, 6.45) is 4.16. The number of phenols is 1. The average Bonchev–Trinajstić information content (AvgIpc) is 3.73. The summed E-state index contributed by atoms with van der Waals surface area (Å²) in [5.74, 6) is -5.43. The third kappa shape index (κ3) is 4.00. The lowest BCUT2D eigenvalue weighted by atomic mass is 9.57. The van der Waals surface area contributed by atoms with Gasteiger partial charge in [-0.2, -0.15) is 0 Å². The third-order valence-electron chi connectivity index (χ3n) is 8.94. The molecule has 0 bridgehead atoms. The van der Waals surface area contributed by atoms with Crippen LogP contribution >= 0.6 is 0 Å². The van der Waals surface area contributed by atoms with Gasteiger partial charge in [0.1, 0.15) is 22.8 Å². The molecule has 0 unspecified atom stereocenters. The van der Waals surface area contributed by atoms with Gasteiger partial charge in [0.15, 0.2) is 11.4 Å². The van der Waals surface area contributed by atoms with Crippen molar-refractivity contribution in [1.82, 2.24) is 15.1 Å². The number of phenolic OH excluding ortho intramolecular Hbond substituents is 1. The van der Waals surface area contributed by atoms with E-state index < -0.39 is 58.0 Å². The summed E-state index contributed by atoms with van der Waals surface area (Å²) in [6.45, 7) is 4.74. The molecule has 4 aliphatic rings. The highest BCUT2D eigenvalue weighted by atomic mass is 16.3. The van der Waals surface area contributed by atoms with E-state index in [0.717, 1.165) is 24.0 Å². The van der Waals surface area contributed by atoms with E-state index in [9.17, 15) is 34.8 Å². The number of likely N-dealkylation sites (N-methyl/N-ethyl adjacent to an activating group) is 3. The van der Waals surface area contributed by atoms with Gasteiger partial charge < -0.3 is 25.7 Å². The average molecular weight is 552 g/mol. The van der Waals surface area contributed by atoms with Crippen LogP contribution in [-0.2, 0) is 27.3 Å². The van der Waals surface area contributed by atoms with Gasteiger partial charge in [-0.3, -0.25) is 24.2 Å². The van der Waals surface area contributed by atoms with Crippen LogP contribution in [0.3, 0.4) is 0 Å². The number of ketones is 2. The summed E-state index contributed by atoms with van der Waals surface area (Å²) < 4.78 is 0. The zero-order chi connectivity index (χ0) is 29.3. The highest BCUT2D eigenvalue weighted by molar-refractivity contribution is 6.24. The van der Waals surface area contributed by atoms with E-state index >= 15 is 0 Å². The molecule has 1 aromatic rings. The van der Waals surface area contributed by atoms with Crippen LogP contribution in [0.1, 0.15) is 47.4 Å². The Kier molecular flexibility index (Phi) is 6.92. The van der Waals surface area contributed by atoms with E-state index in [0.29, 0.717) is 25.1 Å². The van der Waals surface area contributed by atoms with Crippen LogP contribution in [0.2, 0.25) is 0 Å². The minimum absolute atomic E-state index is 0.102. The van der Waals surface area contributed by atoms with Crippen molar-refractivity contribution >= 4 is 23.2 Å². The summed E-state index contributed by atoms with van der Waals surface area (Å²) in [5, 5.41) is 48.4. The predicted molar refractivity (Wildman–Crippen MR) is 148 cm³/mol. The van der Waals surface area contributed by atoms with Crippen molar-refractivity contribution in [3.05, 3.63) is 57.9 Å². The molecule has 0 aliphatic heterocycles. The number of rotatable bonds is 7. The van der Waals surface area contributed by atoms with Crippen molar-refractivity contribution in [3.8, 4) is 5.75 Å². The number of benzene rings is 1. The van der Waals surface area contributed by atoms with Gasteiger partial charge in [0.05, 0.1) is 11.6 Å². The number of carbonyl (C=O) groups is 3. The zero-order valence-electron chi connectivity index (χ0n) is 23.3. The Morgan fingerprint density at radius 3 is 2.42 bits per heavy atom. The SMILES string of the molecule is C=CCN(C)Cc1cc(C2CC2)c2c(c1O)C(O)=C1C(=O)[C@]3(O)C(O)=C(C(=O)NC)C(=O)[C@@H](N(C)C)[C@@H]3C[C@@H]1C2. The molecule has 0 saturated heterocycles. The summed E-state index contributed by atoms with van der Waals surface area (Å²) in [6, 6.07) is 0.933. The van der Waals surface area contributed by atoms with Crippen molar-refractivity contribution in [1.29, 1.82) is 0 Å². The largest absolute Gasteiger partial charge is 0.508 e. The fourth-order valence-electron chi connectivity index (χ4n) is 6.96. The minimum atomic E-state index is -2.60. The molecule has 5 N–H and O–H groups in total. The Morgan fingerprint density at radius 2 is 1.85 bits per heavy atom. The Morgan fingerprint density at radius 1 is 1.18 bits per heavy atom. The normalized spacial score (nSPS) is 28.0. The maximum Gasteiger partial charge on any atom is 0.258 e. The third-order valence-corrected chi connectivity index (χ3v) is 8.94. The number of aliphatic hydroxyl groups is 3. The first-order valence-electron chi connectivity index (χ1n) is 13.6. The number of nitrogens with zero attached hydrogens (tertiary/aromatic N) is 2. The molecule has 10 nitrogen and oxygen atoms in total. The van der Waals surface area contributed by atoms with E-state index in [-0.39, 0.29) is 29.2 Å². The molecule has 0 aromatic heterocycles. The number of carbonyl (C=O) groups excluding carboxylic acids is 3. The van der Waals surface area contributed by atoms with Crippen LogP contribution in [-0.4, -0.2) is 94.1 Å². The lowest BCUT2D eigenvalue weighted by molar-refractivity contribution is -0.153. The molecule has 1 aromatic carbocycles. The lowest BCUT2D eigenvalue weighted by Gasteiger charge is -2.50. The number of fused-ring (bicyclic) bond motifs is 3. The molecule has 10 heteroatoms. The monoisotopic (exact) mass is 551 g/mol. The molecule has 4 aliphatic carbocycles. The first-order valence-corrected chi connectivity index (χ1v) is 13.6. The van der Waals surface area contributed by atoms with Gasteiger partial charge >= 0.3 is 0 Å². The minimum Gasteiger partial charge on any atom is -0.508 e. The number of hydrogen-bond donors (Lipinski definition) is 5. The molecular weight excluding hydrogens is 514 g/mol. The standard InChI is InChI=1S/C30H37N3O7/c1-6-9-33(5)13-16-11-17(14-7-8-14)18-10-15-12-19-23(32(3)4)26(36)22(29(39)31-2)28(38)30(19,40)27(37)20(15)25(35)21(18)24(16)34/h6,11,14-15,19,23,34-35,38,40H,1,7-10,12-13H2,2-5H3,(H,31,39)/t15-,19-,23-,30-/m0/s1. The summed E-state index contributed by atoms with van der Waals surface area (Å²) in [5.41, 5.74) is -0.783. The molecule has 4 atom stereocenters. The zero-order valence-corrected chi connectivity index (χ0v) is 23.3. The van der Waals surface area contributed by atoms with Gasteiger partial charge in [-0.05, 0) is 69.8 Å². The summed E-state index contributed by atoms with van der Waals surface area (Å²) in [7, 11) is 6.40. The second-order valence-corrected chi connectivity index (χ2v) is 11.8. The van der Waals surface area contributed by atoms with Crippen molar-refractivity contribution < 1.29 is 34.8 Å². The molecule has 2 fully saturated rings. The smallest absolute Gasteiger partial charge is 0.258 e. The van der Waals surface area contributed by atoms with Gasteiger partial charge in [-0.15, -0.1) is 6.58 Å². The lowest BCUT2D eigenvalue weighted by Crippen LogP contribution is -2.65. The molecule has 1 amide bonds. The molecule has 0 spiro atoms. The fourth-order valence-corrected chi connectivity index (χ4v) is 6.96. The van der Waals surface area contributed by atoms with Crippen molar-refractivity contribution in [2.45, 2.75) is 49.8 Å². The van der Waals surface area contributed by atoms with Crippen LogP contribution in [0, 0.1) is 11.8 Å². The van der Waals surface area contributed by atoms with E-state index in [2.05, 4.69) is 11.9 Å². The predicted octanol–water partition coefficient (Wildman–Crippen LogP) is 1.72. The molecule has 5 rings (SSSR count). The number of Topliss-reactive ketones (excluding diaryl/α,β-unsaturated/α-hetero) is 2. The topological polar surface area (TPSA) is 151 Å². The Labute approximate surface area is 233 Å². The molecule has 40 heavy (non-hydrogen) atoms. The molecule has 2 saturated carbocycles. The second kappa shape index (κ2) is 9.87. The van der Waals surface area contributed by atoms with Crippen LogP contribution in [0.25, 0.3) is 5.76 Å². The number of nitrogens with one attached hydrogen (secondary N) is 1. The summed E-state index contributed by atoms with van der Waals surface area (Å²) >= 11 is 0. The first-order chi connectivity index (χ1) is 18.9. The second-order valence-electron chi connectivity index (χ2n) is 11.8. The van der Waals surface area contributed by atoms with E-state index in [1.54, 1.807) is 25.1 Å². The highest BCUT2D eigenvalue weighted by Crippen LogP contribution is 2.55. The van der Waals surface area contributed by atoms with Gasteiger partial charge in [-0.1, -0.05) is 12.1 Å². The van der Waals surface area contributed by atoms with E-state index in [4.69, 9.17) is 0 Å². The Balaban J connectivity index is 1.71. The number of amides is 1. The summed E-state index contributed by atoms with van der Waals surface area (Å²) in [4.78, 5) is 43.7. The number of aliphatic hydroxyl groups excluding tert-OH is 2. The molecule has 214 valence electrons. The maximum absolute atomic E-state index is 14.1. The quantitative estimate of drug-likeness (QED) is 0.252. The van der Waals surface area contributed by atoms with E-state index in [1.165, 1.54) is 7.05 Å². The highest BCUT2D eigenvalue weighted by Gasteiger charge is 2.64. The maximum atomic E-state index is 14.1. The van der Waals surface area contributed by atoms with Crippen LogP contribution < -0.4 is 5.32 Å². The first kappa shape index (κ1) is 28.1. The van der Waals surface area contributed by atoms with Crippen molar-refractivity contribution in [2.75, 3.05) is 34.7 Å².